The standard InChI is InChI=1S/C23H28N4O.HI/c1-17(18-8-10-20(28-3)11-9-18)12-14-26-23(24-2)27-16-19-13-15-25-22-7-5-4-6-21(19)22;/h4-11,13,15,17H,12,14,16H2,1-3H3,(H2,24,26,27);1H. The van der Waals surface area contributed by atoms with Crippen molar-refractivity contribution in [1.29, 1.82) is 0 Å². The molecule has 3 rings (SSSR count). The minimum absolute atomic E-state index is 0. The maximum Gasteiger partial charge on any atom is 0.191 e. The third-order valence-electron chi connectivity index (χ3n) is 4.96. The van der Waals surface area contributed by atoms with Gasteiger partial charge in [0.2, 0.25) is 0 Å². The van der Waals surface area contributed by atoms with Gasteiger partial charge in [-0.15, -0.1) is 24.0 Å². The fourth-order valence-corrected chi connectivity index (χ4v) is 3.21. The lowest BCUT2D eigenvalue weighted by molar-refractivity contribution is 0.414. The smallest absolute Gasteiger partial charge is 0.191 e. The summed E-state index contributed by atoms with van der Waals surface area (Å²) in [5.41, 5.74) is 3.53. The highest BCUT2D eigenvalue weighted by Crippen LogP contribution is 2.21. The topological polar surface area (TPSA) is 58.5 Å². The predicted molar refractivity (Wildman–Crippen MR) is 131 cm³/mol. The number of nitrogens with one attached hydrogen (secondary N) is 2. The number of nitrogens with zero attached hydrogens (tertiary/aromatic N) is 2. The molecule has 1 aromatic heterocycles. The van der Waals surface area contributed by atoms with E-state index in [9.17, 15) is 0 Å². The van der Waals surface area contributed by atoms with Gasteiger partial charge >= 0.3 is 0 Å². The molecular weight excluding hydrogens is 475 g/mol. The van der Waals surface area contributed by atoms with Gasteiger partial charge in [0.1, 0.15) is 5.75 Å². The van der Waals surface area contributed by atoms with Gasteiger partial charge in [0.15, 0.2) is 5.96 Å². The first-order chi connectivity index (χ1) is 13.7. The summed E-state index contributed by atoms with van der Waals surface area (Å²) < 4.78 is 5.23. The van der Waals surface area contributed by atoms with Crippen LogP contribution in [0.15, 0.2) is 65.8 Å². The highest BCUT2D eigenvalue weighted by atomic mass is 127. The van der Waals surface area contributed by atoms with Gasteiger partial charge in [0, 0.05) is 31.7 Å². The number of hydrogen-bond acceptors (Lipinski definition) is 3. The Kier molecular flexibility index (Phi) is 9.18. The number of aliphatic imine (C=N–C) groups is 1. The van der Waals surface area contributed by atoms with Crippen molar-refractivity contribution in [2.45, 2.75) is 25.8 Å². The van der Waals surface area contributed by atoms with Crippen LogP contribution >= 0.6 is 24.0 Å². The number of guanidine groups is 1. The van der Waals surface area contributed by atoms with Crippen LogP contribution in [0.5, 0.6) is 5.75 Å². The van der Waals surface area contributed by atoms with Crippen molar-refractivity contribution < 1.29 is 4.74 Å². The van der Waals surface area contributed by atoms with Crippen LogP contribution in [-0.2, 0) is 6.54 Å². The molecular formula is C23H29IN4O. The first kappa shape index (κ1) is 22.9. The van der Waals surface area contributed by atoms with Crippen molar-refractivity contribution in [2.75, 3.05) is 20.7 Å². The number of halogens is 1. The van der Waals surface area contributed by atoms with Crippen LogP contribution in [0.25, 0.3) is 10.9 Å². The van der Waals surface area contributed by atoms with Crippen LogP contribution in [0.1, 0.15) is 30.4 Å². The molecule has 154 valence electrons. The van der Waals surface area contributed by atoms with E-state index >= 15 is 0 Å². The largest absolute Gasteiger partial charge is 0.497 e. The lowest BCUT2D eigenvalue weighted by Gasteiger charge is -2.16. The normalized spacial score (nSPS) is 12.2. The number of para-hydroxylation sites is 1. The Balaban J connectivity index is 0.00000300. The summed E-state index contributed by atoms with van der Waals surface area (Å²) >= 11 is 0. The quantitative estimate of drug-likeness (QED) is 0.278. The number of hydrogen-bond donors (Lipinski definition) is 2. The number of ether oxygens (including phenoxy) is 1. The van der Waals surface area contributed by atoms with E-state index in [0.29, 0.717) is 12.5 Å². The van der Waals surface area contributed by atoms with Crippen molar-refractivity contribution in [1.82, 2.24) is 15.6 Å². The van der Waals surface area contributed by atoms with E-state index in [1.807, 2.05) is 42.6 Å². The summed E-state index contributed by atoms with van der Waals surface area (Å²) in [6.45, 7) is 3.80. The van der Waals surface area contributed by atoms with Gasteiger partial charge in [-0.3, -0.25) is 9.98 Å². The molecule has 29 heavy (non-hydrogen) atoms. The van der Waals surface area contributed by atoms with Crippen LogP contribution in [0.2, 0.25) is 0 Å². The number of pyridine rings is 1. The van der Waals surface area contributed by atoms with E-state index in [1.54, 1.807) is 14.2 Å². The first-order valence-corrected chi connectivity index (χ1v) is 9.62. The van der Waals surface area contributed by atoms with Gasteiger partial charge in [-0.2, -0.15) is 0 Å². The van der Waals surface area contributed by atoms with Gasteiger partial charge in [0.05, 0.1) is 12.6 Å². The van der Waals surface area contributed by atoms with E-state index in [0.717, 1.165) is 30.2 Å². The van der Waals surface area contributed by atoms with Crippen molar-refractivity contribution >= 4 is 40.8 Å². The molecule has 6 heteroatoms. The number of rotatable bonds is 7. The van der Waals surface area contributed by atoms with Crippen molar-refractivity contribution in [2.24, 2.45) is 4.99 Å². The Hall–Kier alpha value is -2.35. The van der Waals surface area contributed by atoms with Gasteiger partial charge in [0.25, 0.3) is 0 Å². The molecule has 1 unspecified atom stereocenters. The Labute approximate surface area is 190 Å². The summed E-state index contributed by atoms with van der Waals surface area (Å²) in [5.74, 6) is 2.16. The molecule has 0 fully saturated rings. The van der Waals surface area contributed by atoms with Crippen LogP contribution < -0.4 is 15.4 Å². The highest BCUT2D eigenvalue weighted by Gasteiger charge is 2.07. The van der Waals surface area contributed by atoms with Crippen molar-refractivity contribution in [3.63, 3.8) is 0 Å². The summed E-state index contributed by atoms with van der Waals surface area (Å²) in [5, 5.41) is 7.98. The van der Waals surface area contributed by atoms with Gasteiger partial charge in [-0.05, 0) is 47.7 Å². The van der Waals surface area contributed by atoms with Crippen molar-refractivity contribution in [3.8, 4) is 5.75 Å². The molecule has 1 heterocycles. The SMILES string of the molecule is CN=C(NCCC(C)c1ccc(OC)cc1)NCc1ccnc2ccccc12.I. The summed E-state index contributed by atoms with van der Waals surface area (Å²) in [4.78, 5) is 8.75. The summed E-state index contributed by atoms with van der Waals surface area (Å²) in [6.07, 6.45) is 2.87. The van der Waals surface area contributed by atoms with E-state index in [2.05, 4.69) is 45.7 Å². The fraction of sp³-hybridized carbons (Fsp3) is 0.304. The second kappa shape index (κ2) is 11.6. The van der Waals surface area contributed by atoms with Crippen LogP contribution in [0.4, 0.5) is 0 Å². The molecule has 0 saturated heterocycles. The van der Waals surface area contributed by atoms with Crippen LogP contribution in [0.3, 0.4) is 0 Å². The zero-order valence-electron chi connectivity index (χ0n) is 17.2. The van der Waals surface area contributed by atoms with E-state index in [4.69, 9.17) is 4.74 Å². The van der Waals surface area contributed by atoms with Gasteiger partial charge in [-0.25, -0.2) is 0 Å². The van der Waals surface area contributed by atoms with Gasteiger partial charge in [-0.1, -0.05) is 37.3 Å². The molecule has 0 aliphatic heterocycles. The van der Waals surface area contributed by atoms with Crippen molar-refractivity contribution in [3.05, 3.63) is 71.9 Å². The van der Waals surface area contributed by atoms with E-state index in [1.165, 1.54) is 16.5 Å². The molecule has 2 aromatic carbocycles. The second-order valence-corrected chi connectivity index (χ2v) is 6.80. The zero-order valence-corrected chi connectivity index (χ0v) is 19.5. The number of aromatic nitrogens is 1. The minimum Gasteiger partial charge on any atom is -0.497 e. The molecule has 0 amide bonds. The summed E-state index contributed by atoms with van der Waals surface area (Å²) in [7, 11) is 3.49. The Morgan fingerprint density at radius 2 is 1.83 bits per heavy atom. The third-order valence-corrected chi connectivity index (χ3v) is 4.96. The monoisotopic (exact) mass is 504 g/mol. The Morgan fingerprint density at radius 3 is 2.55 bits per heavy atom. The highest BCUT2D eigenvalue weighted by molar-refractivity contribution is 14.0. The minimum atomic E-state index is 0. The van der Waals surface area contributed by atoms with Gasteiger partial charge < -0.3 is 15.4 Å². The Bertz CT molecular complexity index is 922. The molecule has 0 spiro atoms. The van der Waals surface area contributed by atoms with E-state index in [-0.39, 0.29) is 24.0 Å². The van der Waals surface area contributed by atoms with E-state index < -0.39 is 0 Å². The molecule has 0 aliphatic rings. The number of benzene rings is 2. The lowest BCUT2D eigenvalue weighted by Crippen LogP contribution is -2.37. The zero-order chi connectivity index (χ0) is 19.8. The third kappa shape index (κ3) is 6.32. The fourth-order valence-electron chi connectivity index (χ4n) is 3.21. The average molecular weight is 504 g/mol. The predicted octanol–water partition coefficient (Wildman–Crippen LogP) is 4.72. The average Bonchev–Trinajstić information content (AvgIpc) is 2.76. The molecule has 1 atom stereocenters. The summed E-state index contributed by atoms with van der Waals surface area (Å²) in [6, 6.07) is 18.5. The molecule has 3 aromatic rings. The molecule has 2 N–H and O–H groups in total. The first-order valence-electron chi connectivity index (χ1n) is 9.62. The maximum absolute atomic E-state index is 5.23. The number of methoxy groups -OCH3 is 1. The molecule has 0 saturated carbocycles. The molecule has 0 bridgehead atoms. The Morgan fingerprint density at radius 1 is 1.07 bits per heavy atom. The van der Waals surface area contributed by atoms with Crippen LogP contribution in [-0.4, -0.2) is 31.6 Å². The maximum atomic E-state index is 5.23. The molecule has 0 aliphatic carbocycles. The van der Waals surface area contributed by atoms with Crippen LogP contribution in [0, 0.1) is 0 Å². The second-order valence-electron chi connectivity index (χ2n) is 6.80. The molecule has 5 nitrogen and oxygen atoms in total. The number of fused-ring (bicyclic) bond motifs is 1. The molecule has 0 radical (unpaired) electrons. The lowest BCUT2D eigenvalue weighted by atomic mass is 9.98.